The molecule has 7 nitrogen and oxygen atoms in total. The maximum Gasteiger partial charge on any atom is 0.328 e. The van der Waals surface area contributed by atoms with Crippen molar-refractivity contribution in [2.45, 2.75) is 12.5 Å². The van der Waals surface area contributed by atoms with E-state index < -0.39 is 17.9 Å². The average molecular weight is 303 g/mol. The molecular formula is C15H17N3O4. The topological polar surface area (TPSA) is 90.4 Å². The monoisotopic (exact) mass is 303 g/mol. The van der Waals surface area contributed by atoms with Crippen molar-refractivity contribution in [1.29, 1.82) is 0 Å². The number of hydrogen-bond donors (Lipinski definition) is 1. The number of rotatable bonds is 6. The van der Waals surface area contributed by atoms with Gasteiger partial charge in [-0.15, -0.1) is 0 Å². The number of para-hydroxylation sites is 2. The van der Waals surface area contributed by atoms with Crippen LogP contribution in [0.25, 0.3) is 11.0 Å². The zero-order chi connectivity index (χ0) is 15.9. The predicted octanol–water partition coefficient (Wildman–Crippen LogP) is 0.476. The maximum absolute atomic E-state index is 11.8. The number of esters is 1. The lowest BCUT2D eigenvalue weighted by molar-refractivity contribution is -0.145. The summed E-state index contributed by atoms with van der Waals surface area (Å²) in [4.78, 5) is 32.1. The van der Waals surface area contributed by atoms with E-state index >= 15 is 0 Å². The number of methoxy groups -OCH3 is 2. The Morgan fingerprint density at radius 1 is 1.23 bits per heavy atom. The summed E-state index contributed by atoms with van der Waals surface area (Å²) in [5.74, 6) is -0.939. The van der Waals surface area contributed by atoms with Crippen molar-refractivity contribution in [3.8, 4) is 0 Å². The molecule has 1 aromatic carbocycles. The lowest BCUT2D eigenvalue weighted by atomic mass is 10.1. The van der Waals surface area contributed by atoms with E-state index in [9.17, 15) is 9.59 Å². The molecule has 0 radical (unpaired) electrons. The van der Waals surface area contributed by atoms with E-state index in [0.717, 1.165) is 11.0 Å². The zero-order valence-corrected chi connectivity index (χ0v) is 12.4. The van der Waals surface area contributed by atoms with Crippen molar-refractivity contribution >= 4 is 22.9 Å². The largest absolute Gasteiger partial charge is 0.467 e. The molecule has 2 rings (SSSR count). The lowest BCUT2D eigenvalue weighted by Gasteiger charge is -2.16. The second-order valence-electron chi connectivity index (χ2n) is 4.63. The molecule has 22 heavy (non-hydrogen) atoms. The van der Waals surface area contributed by atoms with Crippen molar-refractivity contribution in [3.63, 3.8) is 0 Å². The second kappa shape index (κ2) is 7.46. The Kier molecular flexibility index (Phi) is 5.37. The van der Waals surface area contributed by atoms with Crippen molar-refractivity contribution in [2.75, 3.05) is 20.8 Å². The molecule has 0 aliphatic rings. The molecule has 0 aliphatic heterocycles. The zero-order valence-electron chi connectivity index (χ0n) is 12.4. The summed E-state index contributed by atoms with van der Waals surface area (Å²) in [5, 5.41) is 2.56. The van der Waals surface area contributed by atoms with E-state index in [0.29, 0.717) is 5.69 Å². The third-order valence-corrected chi connectivity index (χ3v) is 3.01. The number of fused-ring (bicyclic) bond motifs is 1. The van der Waals surface area contributed by atoms with Gasteiger partial charge >= 0.3 is 5.97 Å². The Bertz CT molecular complexity index is 675. The highest BCUT2D eigenvalue weighted by atomic mass is 16.5. The summed E-state index contributed by atoms with van der Waals surface area (Å²) in [5.41, 5.74) is 2.09. The Morgan fingerprint density at radius 3 is 2.64 bits per heavy atom. The minimum absolute atomic E-state index is 0.128. The van der Waals surface area contributed by atoms with Crippen LogP contribution in [0, 0.1) is 0 Å². The molecule has 7 heteroatoms. The summed E-state index contributed by atoms with van der Waals surface area (Å²) >= 11 is 0. The van der Waals surface area contributed by atoms with Gasteiger partial charge in [-0.25, -0.2) is 9.78 Å². The molecule has 0 aliphatic carbocycles. The molecular weight excluding hydrogens is 286 g/mol. The highest BCUT2D eigenvalue weighted by Gasteiger charge is 2.22. The normalized spacial score (nSPS) is 11.9. The molecule has 1 atom stereocenters. The van der Waals surface area contributed by atoms with E-state index in [1.54, 1.807) is 6.20 Å². The van der Waals surface area contributed by atoms with Gasteiger partial charge in [0.05, 0.1) is 23.8 Å². The highest BCUT2D eigenvalue weighted by molar-refractivity contribution is 5.85. The summed E-state index contributed by atoms with van der Waals surface area (Å²) in [6.07, 6.45) is 1.78. The number of nitrogens with zero attached hydrogens (tertiary/aromatic N) is 2. The number of carbonyl (C=O) groups excluding carboxylic acids is 2. The molecule has 0 saturated carbocycles. The van der Waals surface area contributed by atoms with Crippen LogP contribution in [0.1, 0.15) is 5.69 Å². The van der Waals surface area contributed by atoms with Crippen LogP contribution in [0.3, 0.4) is 0 Å². The van der Waals surface area contributed by atoms with E-state index in [-0.39, 0.29) is 13.0 Å². The minimum atomic E-state index is -0.830. The Hall–Kier alpha value is -2.54. The Balaban J connectivity index is 2.17. The Morgan fingerprint density at radius 2 is 1.95 bits per heavy atom. The molecule has 0 fully saturated rings. The van der Waals surface area contributed by atoms with Gasteiger partial charge in [0, 0.05) is 19.7 Å². The molecule has 0 unspecified atom stereocenters. The third kappa shape index (κ3) is 3.98. The van der Waals surface area contributed by atoms with E-state index in [2.05, 4.69) is 15.3 Å². The van der Waals surface area contributed by atoms with Gasteiger partial charge in [-0.2, -0.15) is 0 Å². The van der Waals surface area contributed by atoms with Gasteiger partial charge in [-0.3, -0.25) is 9.78 Å². The number of ether oxygens (including phenoxy) is 2. The summed E-state index contributed by atoms with van der Waals surface area (Å²) in [6.45, 7) is -0.128. The van der Waals surface area contributed by atoms with Crippen molar-refractivity contribution in [1.82, 2.24) is 15.3 Å². The first-order valence-corrected chi connectivity index (χ1v) is 6.71. The van der Waals surface area contributed by atoms with Gasteiger partial charge < -0.3 is 14.8 Å². The fraction of sp³-hybridized carbons (Fsp3) is 0.333. The molecule has 1 heterocycles. The van der Waals surface area contributed by atoms with Gasteiger partial charge in [0.1, 0.15) is 12.6 Å². The van der Waals surface area contributed by atoms with Gasteiger partial charge in [0.2, 0.25) is 5.91 Å². The first-order chi connectivity index (χ1) is 10.6. The standard InChI is InChI=1S/C15H17N3O4/c1-21-9-14(19)18-13(15(20)22-2)7-10-8-16-11-5-3-4-6-12(11)17-10/h3-6,8,13H,7,9H2,1-2H3,(H,18,19)/t13-/m1/s1. The lowest BCUT2D eigenvalue weighted by Crippen LogP contribution is -2.44. The summed E-state index contributed by atoms with van der Waals surface area (Å²) < 4.78 is 9.44. The van der Waals surface area contributed by atoms with Crippen LogP contribution in [0.4, 0.5) is 0 Å². The molecule has 0 saturated heterocycles. The second-order valence-corrected chi connectivity index (χ2v) is 4.63. The fourth-order valence-electron chi connectivity index (χ4n) is 2.01. The van der Waals surface area contributed by atoms with Gasteiger partial charge in [0.15, 0.2) is 0 Å². The van der Waals surface area contributed by atoms with E-state index in [4.69, 9.17) is 9.47 Å². The number of benzene rings is 1. The molecule has 1 amide bonds. The Labute approximate surface area is 127 Å². The van der Waals surface area contributed by atoms with Crippen LogP contribution in [0.15, 0.2) is 30.5 Å². The van der Waals surface area contributed by atoms with Gasteiger partial charge in [-0.05, 0) is 12.1 Å². The van der Waals surface area contributed by atoms with Crippen LogP contribution < -0.4 is 5.32 Å². The van der Waals surface area contributed by atoms with Gasteiger partial charge in [0.25, 0.3) is 0 Å². The van der Waals surface area contributed by atoms with Crippen LogP contribution in [-0.2, 0) is 25.5 Å². The van der Waals surface area contributed by atoms with E-state index in [1.165, 1.54) is 14.2 Å². The minimum Gasteiger partial charge on any atom is -0.467 e. The summed E-state index contributed by atoms with van der Waals surface area (Å²) in [6, 6.07) is 6.59. The average Bonchev–Trinajstić information content (AvgIpc) is 2.53. The molecule has 116 valence electrons. The molecule has 0 bridgehead atoms. The molecule has 1 aromatic heterocycles. The predicted molar refractivity (Wildman–Crippen MR) is 79.1 cm³/mol. The van der Waals surface area contributed by atoms with Crippen molar-refractivity contribution < 1.29 is 19.1 Å². The van der Waals surface area contributed by atoms with Crippen LogP contribution in [0.2, 0.25) is 0 Å². The van der Waals surface area contributed by atoms with Crippen LogP contribution in [0.5, 0.6) is 0 Å². The third-order valence-electron chi connectivity index (χ3n) is 3.01. The number of amides is 1. The van der Waals surface area contributed by atoms with E-state index in [1.807, 2.05) is 24.3 Å². The molecule has 2 aromatic rings. The number of nitrogens with one attached hydrogen (secondary N) is 1. The molecule has 0 spiro atoms. The quantitative estimate of drug-likeness (QED) is 0.780. The SMILES string of the molecule is COCC(=O)N[C@H](Cc1cnc2ccccc2n1)C(=O)OC. The fourth-order valence-corrected chi connectivity index (χ4v) is 2.01. The number of hydrogen-bond acceptors (Lipinski definition) is 6. The maximum atomic E-state index is 11.8. The van der Waals surface area contributed by atoms with Crippen molar-refractivity contribution in [2.24, 2.45) is 0 Å². The van der Waals surface area contributed by atoms with Crippen LogP contribution >= 0.6 is 0 Å². The van der Waals surface area contributed by atoms with Crippen molar-refractivity contribution in [3.05, 3.63) is 36.2 Å². The highest BCUT2D eigenvalue weighted by Crippen LogP contribution is 2.10. The van der Waals surface area contributed by atoms with Gasteiger partial charge in [-0.1, -0.05) is 12.1 Å². The smallest absolute Gasteiger partial charge is 0.328 e. The number of aromatic nitrogens is 2. The first kappa shape index (κ1) is 15.8. The number of carbonyl (C=O) groups is 2. The van der Waals surface area contributed by atoms with Crippen LogP contribution in [-0.4, -0.2) is 48.7 Å². The first-order valence-electron chi connectivity index (χ1n) is 6.71. The summed E-state index contributed by atoms with van der Waals surface area (Å²) in [7, 11) is 2.67. The molecule has 1 N–H and O–H groups in total.